The molecule has 0 bridgehead atoms. The van der Waals surface area contributed by atoms with Crippen molar-refractivity contribution in [3.05, 3.63) is 0 Å². The molecule has 0 aliphatic heterocycles. The minimum Gasteiger partial charge on any atom is -0.549 e. The molecule has 0 heterocycles. The molecule has 0 rings (SSSR count). The van der Waals surface area contributed by atoms with E-state index >= 15 is 0 Å². The standard InChI is InChI=1S/C17H32O4.Li.Na/c1-5-6-7-8-9-10-11-12-13-17(14(18)19,15(20)21)16(2,3)4;;/h5-13H2,1-4H3,(H,18,19)(H,20,21);;/q;2*+1/p-2. The zero-order chi connectivity index (χ0) is 16.5. The molecule has 0 aromatic carbocycles. The van der Waals surface area contributed by atoms with E-state index in [9.17, 15) is 19.8 Å². The Morgan fingerprint density at radius 1 is 0.783 bits per heavy atom. The van der Waals surface area contributed by atoms with Crippen molar-refractivity contribution in [3.63, 3.8) is 0 Å². The van der Waals surface area contributed by atoms with Crippen molar-refractivity contribution in [2.45, 2.75) is 85.5 Å². The van der Waals surface area contributed by atoms with Crippen molar-refractivity contribution < 1.29 is 68.2 Å². The van der Waals surface area contributed by atoms with Gasteiger partial charge in [-0.05, 0) is 11.8 Å². The van der Waals surface area contributed by atoms with Gasteiger partial charge >= 0.3 is 48.4 Å². The van der Waals surface area contributed by atoms with Gasteiger partial charge in [-0.25, -0.2) is 0 Å². The molecule has 0 aliphatic rings. The average Bonchev–Trinajstić information content (AvgIpc) is 2.34. The van der Waals surface area contributed by atoms with E-state index in [1.165, 1.54) is 25.7 Å². The van der Waals surface area contributed by atoms with Gasteiger partial charge in [-0.15, -0.1) is 0 Å². The Labute approximate surface area is 175 Å². The Balaban J connectivity index is -0.00000200. The van der Waals surface area contributed by atoms with Gasteiger partial charge in [0.25, 0.3) is 0 Å². The Hall–Kier alpha value is 0.537. The molecule has 0 aromatic heterocycles. The number of hydrogen-bond acceptors (Lipinski definition) is 4. The third-order valence-electron chi connectivity index (χ3n) is 4.38. The fourth-order valence-electron chi connectivity index (χ4n) is 2.80. The Bertz CT molecular complexity index is 326. The first kappa shape index (κ1) is 28.3. The van der Waals surface area contributed by atoms with E-state index in [0.717, 1.165) is 19.3 Å². The van der Waals surface area contributed by atoms with Crippen LogP contribution in [-0.4, -0.2) is 11.9 Å². The molecule has 124 valence electrons. The molecule has 0 aromatic rings. The predicted molar refractivity (Wildman–Crippen MR) is 79.1 cm³/mol. The molecule has 0 saturated carbocycles. The first-order chi connectivity index (χ1) is 9.70. The fourth-order valence-corrected chi connectivity index (χ4v) is 2.80. The van der Waals surface area contributed by atoms with Gasteiger partial charge in [-0.2, -0.15) is 0 Å². The molecule has 0 spiro atoms. The van der Waals surface area contributed by atoms with Gasteiger partial charge < -0.3 is 19.8 Å². The van der Waals surface area contributed by atoms with Crippen LogP contribution in [0.3, 0.4) is 0 Å². The third kappa shape index (κ3) is 8.98. The first-order valence-electron chi connectivity index (χ1n) is 8.13. The summed E-state index contributed by atoms with van der Waals surface area (Å²) >= 11 is 0. The minimum atomic E-state index is -1.91. The van der Waals surface area contributed by atoms with Crippen LogP contribution in [0.5, 0.6) is 0 Å². The van der Waals surface area contributed by atoms with Gasteiger partial charge in [0.15, 0.2) is 0 Å². The normalized spacial score (nSPS) is 11.3. The Kier molecular flexibility index (Phi) is 17.0. The number of unbranched alkanes of at least 4 members (excludes halogenated alkanes) is 7. The van der Waals surface area contributed by atoms with E-state index in [0.29, 0.717) is 6.42 Å². The summed E-state index contributed by atoms with van der Waals surface area (Å²) in [6.07, 6.45) is 8.55. The number of rotatable bonds is 11. The molecule has 6 heteroatoms. The molecular weight excluding hydrogens is 298 g/mol. The van der Waals surface area contributed by atoms with Crippen LogP contribution in [0.1, 0.15) is 85.5 Å². The monoisotopic (exact) mass is 328 g/mol. The number of carbonyl (C=O) groups is 2. The van der Waals surface area contributed by atoms with Crippen LogP contribution < -0.4 is 58.6 Å². The van der Waals surface area contributed by atoms with Crippen molar-refractivity contribution in [1.82, 2.24) is 0 Å². The number of carboxylic acid groups (broad SMARTS) is 2. The summed E-state index contributed by atoms with van der Waals surface area (Å²) in [5.74, 6) is -3.06. The molecule has 23 heavy (non-hydrogen) atoms. The van der Waals surface area contributed by atoms with Crippen molar-refractivity contribution >= 4 is 11.9 Å². The maximum Gasteiger partial charge on any atom is 1.00 e. The SMILES string of the molecule is CCCCCCCCCCC(C(=O)[O-])(C(=O)[O-])C(C)(C)C.[Li+].[Na+]. The topological polar surface area (TPSA) is 80.3 Å². The summed E-state index contributed by atoms with van der Waals surface area (Å²) in [4.78, 5) is 22.8. The predicted octanol–water partition coefficient (Wildman–Crippen LogP) is -3.94. The molecule has 0 atom stereocenters. The molecule has 0 unspecified atom stereocenters. The first-order valence-corrected chi connectivity index (χ1v) is 8.13. The van der Waals surface area contributed by atoms with Crippen molar-refractivity contribution in [3.8, 4) is 0 Å². The molecular formula is C17H30LiNaO4. The fraction of sp³-hybridized carbons (Fsp3) is 0.882. The molecule has 0 aliphatic carbocycles. The average molecular weight is 328 g/mol. The molecule has 0 radical (unpaired) electrons. The van der Waals surface area contributed by atoms with Crippen LogP contribution in [0.15, 0.2) is 0 Å². The molecule has 0 N–H and O–H groups in total. The van der Waals surface area contributed by atoms with E-state index in [1.807, 2.05) is 0 Å². The van der Waals surface area contributed by atoms with Gasteiger partial charge in [-0.3, -0.25) is 0 Å². The molecule has 0 fully saturated rings. The number of carboxylic acids is 2. The van der Waals surface area contributed by atoms with Gasteiger partial charge in [0.2, 0.25) is 0 Å². The minimum absolute atomic E-state index is 0. The quantitative estimate of drug-likeness (QED) is 0.220. The van der Waals surface area contributed by atoms with E-state index in [2.05, 4.69) is 6.92 Å². The molecule has 0 saturated heterocycles. The van der Waals surface area contributed by atoms with Gasteiger partial charge in [0.05, 0.1) is 17.4 Å². The van der Waals surface area contributed by atoms with E-state index < -0.39 is 22.8 Å². The summed E-state index contributed by atoms with van der Waals surface area (Å²) in [7, 11) is 0. The van der Waals surface area contributed by atoms with Crippen LogP contribution in [0.25, 0.3) is 0 Å². The Morgan fingerprint density at radius 3 is 1.43 bits per heavy atom. The van der Waals surface area contributed by atoms with Crippen LogP contribution in [0.4, 0.5) is 0 Å². The van der Waals surface area contributed by atoms with E-state index in [1.54, 1.807) is 20.8 Å². The van der Waals surface area contributed by atoms with Gasteiger partial charge in [0.1, 0.15) is 0 Å². The third-order valence-corrected chi connectivity index (χ3v) is 4.38. The number of hydrogen-bond donors (Lipinski definition) is 0. The second-order valence-corrected chi connectivity index (χ2v) is 6.96. The number of carbonyl (C=O) groups excluding carboxylic acids is 2. The molecule has 0 amide bonds. The van der Waals surface area contributed by atoms with Gasteiger partial charge in [0, 0.05) is 0 Å². The maximum absolute atomic E-state index is 11.4. The summed E-state index contributed by atoms with van der Waals surface area (Å²) in [6.45, 7) is 7.02. The van der Waals surface area contributed by atoms with E-state index in [4.69, 9.17) is 0 Å². The largest absolute Gasteiger partial charge is 1.00 e. The van der Waals surface area contributed by atoms with Crippen molar-refractivity contribution in [1.29, 1.82) is 0 Å². The van der Waals surface area contributed by atoms with Crippen molar-refractivity contribution in [2.75, 3.05) is 0 Å². The van der Waals surface area contributed by atoms with Crippen LogP contribution in [-0.2, 0) is 9.59 Å². The summed E-state index contributed by atoms with van der Waals surface area (Å²) in [5, 5.41) is 22.8. The van der Waals surface area contributed by atoms with Crippen LogP contribution >= 0.6 is 0 Å². The van der Waals surface area contributed by atoms with Crippen LogP contribution in [0.2, 0.25) is 0 Å². The summed E-state index contributed by atoms with van der Waals surface area (Å²) < 4.78 is 0. The smallest absolute Gasteiger partial charge is 0.549 e. The van der Waals surface area contributed by atoms with Gasteiger partial charge in [-0.1, -0.05) is 79.1 Å². The zero-order valence-electron chi connectivity index (χ0n) is 16.0. The maximum atomic E-state index is 11.4. The van der Waals surface area contributed by atoms with E-state index in [-0.39, 0.29) is 54.8 Å². The van der Waals surface area contributed by atoms with Crippen molar-refractivity contribution in [2.24, 2.45) is 10.8 Å². The number of aliphatic carboxylic acids is 2. The van der Waals surface area contributed by atoms with Crippen LogP contribution in [0, 0.1) is 10.8 Å². The molecule has 4 nitrogen and oxygen atoms in total. The second kappa shape index (κ2) is 13.8. The zero-order valence-corrected chi connectivity index (χ0v) is 18.0. The summed E-state index contributed by atoms with van der Waals surface area (Å²) in [5.41, 5.74) is -2.83. The Morgan fingerprint density at radius 2 is 1.13 bits per heavy atom. The second-order valence-electron chi connectivity index (χ2n) is 6.96. The summed E-state index contributed by atoms with van der Waals surface area (Å²) in [6, 6.07) is 0.